The Morgan fingerprint density at radius 2 is 2.00 bits per heavy atom. The number of rotatable bonds is 11. The van der Waals surface area contributed by atoms with Gasteiger partial charge >= 0.3 is 11.7 Å². The molecule has 0 aliphatic heterocycles. The number of ketones is 1. The van der Waals surface area contributed by atoms with Crippen LogP contribution in [-0.2, 0) is 11.2 Å². The van der Waals surface area contributed by atoms with Gasteiger partial charge in [0.25, 0.3) is 0 Å². The number of aromatic hydroxyl groups is 1. The Kier molecular flexibility index (Phi) is 10.9. The molecule has 0 radical (unpaired) electrons. The zero-order valence-corrected chi connectivity index (χ0v) is 17.7. The third kappa shape index (κ3) is 9.41. The van der Waals surface area contributed by atoms with Crippen LogP contribution in [0.2, 0.25) is 0 Å². The van der Waals surface area contributed by atoms with Crippen LogP contribution in [0.3, 0.4) is 0 Å². The van der Waals surface area contributed by atoms with Crippen molar-refractivity contribution in [1.29, 1.82) is 0 Å². The number of nitrogens with one attached hydrogen (secondary N) is 1. The lowest BCUT2D eigenvalue weighted by Crippen LogP contribution is -2.16. The second-order valence-electron chi connectivity index (χ2n) is 6.81. The lowest BCUT2D eigenvalue weighted by molar-refractivity contribution is 0.102. The Morgan fingerprint density at radius 1 is 1.29 bits per heavy atom. The first-order chi connectivity index (χ1) is 14.6. The van der Waals surface area contributed by atoms with E-state index in [1.54, 1.807) is 13.0 Å². The van der Waals surface area contributed by atoms with Crippen molar-refractivity contribution < 1.29 is 32.6 Å². The average molecular weight is 439 g/mol. The van der Waals surface area contributed by atoms with E-state index in [1.165, 1.54) is 38.5 Å². The minimum Gasteiger partial charge on any atom is -0.507 e. The number of Topliss-reactive ketones (excluding diaryl/α,β-unsaturated/α-hetero) is 1. The zero-order valence-electron chi connectivity index (χ0n) is 17.7. The van der Waals surface area contributed by atoms with Gasteiger partial charge in [0, 0.05) is 25.1 Å². The topological polar surface area (TPSA) is 106 Å². The smallest absolute Gasteiger partial charge is 0.410 e. The van der Waals surface area contributed by atoms with Gasteiger partial charge in [-0.15, -0.1) is 0 Å². The number of amides is 1. The van der Waals surface area contributed by atoms with Crippen molar-refractivity contribution in [2.24, 2.45) is 0 Å². The molecule has 1 rings (SSSR count). The van der Waals surface area contributed by atoms with Crippen LogP contribution < -0.4 is 10.9 Å². The molecule has 0 spiro atoms. The van der Waals surface area contributed by atoms with E-state index in [2.05, 4.69) is 10.1 Å². The number of carbonyl (C=O) groups excluding carboxylic acids is 2. The molecule has 2 N–H and O–H groups in total. The maximum Gasteiger partial charge on any atom is 0.410 e. The van der Waals surface area contributed by atoms with Gasteiger partial charge in [0.1, 0.15) is 17.1 Å². The molecule has 0 aliphatic rings. The third-order valence-corrected chi connectivity index (χ3v) is 4.24. The van der Waals surface area contributed by atoms with E-state index in [-0.39, 0.29) is 24.2 Å². The second kappa shape index (κ2) is 13.1. The molecule has 0 aliphatic carbocycles. The average Bonchev–Trinajstić information content (AvgIpc) is 2.71. The summed E-state index contributed by atoms with van der Waals surface area (Å²) in [7, 11) is 1.25. The van der Waals surface area contributed by atoms with Gasteiger partial charge in [-0.2, -0.15) is 0 Å². The highest BCUT2D eigenvalue weighted by Gasteiger charge is 2.20. The quantitative estimate of drug-likeness (QED) is 0.225. The summed E-state index contributed by atoms with van der Waals surface area (Å²) in [4.78, 5) is 35.6. The summed E-state index contributed by atoms with van der Waals surface area (Å²) in [6, 6.07) is 1.22. The Morgan fingerprint density at radius 3 is 2.61 bits per heavy atom. The predicted molar refractivity (Wildman–Crippen MR) is 111 cm³/mol. The van der Waals surface area contributed by atoms with E-state index in [0.29, 0.717) is 24.8 Å². The number of methoxy groups -OCH3 is 1. The van der Waals surface area contributed by atoms with Crippen molar-refractivity contribution in [3.05, 3.63) is 63.4 Å². The summed E-state index contributed by atoms with van der Waals surface area (Å²) in [5.41, 5.74) is -0.600. The van der Waals surface area contributed by atoms with E-state index < -0.39 is 35.2 Å². The fourth-order valence-electron chi connectivity index (χ4n) is 2.48. The van der Waals surface area contributed by atoms with E-state index in [4.69, 9.17) is 4.42 Å². The lowest BCUT2D eigenvalue weighted by Gasteiger charge is -2.05. The number of unbranched alkanes of at least 4 members (excludes halogenated alkanes) is 1. The fourth-order valence-corrected chi connectivity index (χ4v) is 2.48. The van der Waals surface area contributed by atoms with Crippen LogP contribution in [0.5, 0.6) is 5.75 Å². The molecule has 1 aromatic heterocycles. The highest BCUT2D eigenvalue weighted by Crippen LogP contribution is 2.20. The summed E-state index contributed by atoms with van der Waals surface area (Å²) in [5, 5.41) is 12.5. The Bertz CT molecular complexity index is 915. The van der Waals surface area contributed by atoms with Crippen LogP contribution in [0.15, 0.2) is 50.9 Å². The summed E-state index contributed by atoms with van der Waals surface area (Å²) in [5.74, 6) is -0.962. The molecule has 0 saturated heterocycles. The van der Waals surface area contributed by atoms with Gasteiger partial charge in [-0.3, -0.25) is 10.1 Å². The molecule has 0 saturated carbocycles. The van der Waals surface area contributed by atoms with Crippen molar-refractivity contribution >= 4 is 11.9 Å². The van der Waals surface area contributed by atoms with Crippen molar-refractivity contribution in [1.82, 2.24) is 5.32 Å². The molecule has 170 valence electrons. The second-order valence-corrected chi connectivity index (χ2v) is 6.81. The maximum absolute atomic E-state index is 12.5. The largest absolute Gasteiger partial charge is 0.507 e. The summed E-state index contributed by atoms with van der Waals surface area (Å²) in [6.07, 6.45) is 4.47. The third-order valence-electron chi connectivity index (χ3n) is 4.24. The summed E-state index contributed by atoms with van der Waals surface area (Å²) < 4.78 is 34.0. The predicted octanol–water partition coefficient (Wildman–Crippen LogP) is 4.66. The monoisotopic (exact) mass is 439 g/mol. The normalized spacial score (nSPS) is 12.5. The molecule has 1 amide bonds. The number of allylic oxidation sites excluding steroid dienone is 5. The number of carbonyl (C=O) groups is 2. The Hall–Kier alpha value is -3.23. The molecule has 0 bridgehead atoms. The number of ether oxygens (including phenoxy) is 1. The molecule has 9 heteroatoms. The lowest BCUT2D eigenvalue weighted by atomic mass is 10.0. The molecular weight excluding hydrogens is 412 g/mol. The van der Waals surface area contributed by atoms with Crippen LogP contribution in [-0.4, -0.2) is 30.5 Å². The summed E-state index contributed by atoms with van der Waals surface area (Å²) >= 11 is 0. The highest BCUT2D eigenvalue weighted by molar-refractivity contribution is 6.09. The maximum atomic E-state index is 12.5. The van der Waals surface area contributed by atoms with Crippen LogP contribution in [0.1, 0.15) is 55.6 Å². The van der Waals surface area contributed by atoms with E-state index in [1.807, 2.05) is 0 Å². The van der Waals surface area contributed by atoms with Gasteiger partial charge in [0.15, 0.2) is 5.78 Å². The molecular formula is C22H27F2NO6. The van der Waals surface area contributed by atoms with Crippen LogP contribution in [0.4, 0.5) is 13.6 Å². The van der Waals surface area contributed by atoms with Gasteiger partial charge in [0.05, 0.1) is 7.11 Å². The van der Waals surface area contributed by atoms with Crippen LogP contribution in [0, 0.1) is 0 Å². The van der Waals surface area contributed by atoms with E-state index >= 15 is 0 Å². The zero-order chi connectivity index (χ0) is 23.4. The van der Waals surface area contributed by atoms with Gasteiger partial charge < -0.3 is 14.3 Å². The first-order valence-corrected chi connectivity index (χ1v) is 9.68. The van der Waals surface area contributed by atoms with Gasteiger partial charge in [-0.1, -0.05) is 23.8 Å². The first-order valence-electron chi connectivity index (χ1n) is 9.68. The van der Waals surface area contributed by atoms with Crippen molar-refractivity contribution in [3.8, 4) is 5.75 Å². The van der Waals surface area contributed by atoms with Crippen LogP contribution in [0.25, 0.3) is 0 Å². The number of hydrogen-bond acceptors (Lipinski definition) is 6. The van der Waals surface area contributed by atoms with E-state index in [0.717, 1.165) is 0 Å². The minimum absolute atomic E-state index is 0.162. The summed E-state index contributed by atoms with van der Waals surface area (Å²) in [6.45, 7) is 3.12. The Balaban J connectivity index is 2.77. The first kappa shape index (κ1) is 25.8. The van der Waals surface area contributed by atoms with Crippen molar-refractivity contribution in [2.45, 2.75) is 52.4 Å². The molecule has 0 unspecified atom stereocenters. The molecule has 0 atom stereocenters. The van der Waals surface area contributed by atoms with Crippen molar-refractivity contribution in [2.75, 3.05) is 7.11 Å². The SMILES string of the molecule is COC(=O)N/C=C/CCCc1cc(O)c(C(=O)/C(C)=C/C=C(\C)CCC(F)F)c(=O)o1. The molecule has 31 heavy (non-hydrogen) atoms. The van der Waals surface area contributed by atoms with E-state index in [9.17, 15) is 28.3 Å². The molecule has 0 aromatic carbocycles. The molecule has 0 fully saturated rings. The molecule has 1 heterocycles. The van der Waals surface area contributed by atoms with Gasteiger partial charge in [-0.25, -0.2) is 18.4 Å². The molecule has 7 nitrogen and oxygen atoms in total. The van der Waals surface area contributed by atoms with Gasteiger partial charge in [0.2, 0.25) is 6.43 Å². The minimum atomic E-state index is -2.40. The number of alkyl halides is 2. The standard InChI is InChI=1S/C22H27F2NO6/c1-14(9-11-18(23)24)8-10-15(2)20(27)19-17(26)13-16(31-21(19)28)7-5-4-6-12-25-22(29)30-3/h6,8,10,12-13,18,26H,4-5,7,9,11H2,1-3H3,(H,25,29)/b12-6+,14-8+,15-10+. The number of aryl methyl sites for hydroxylation is 1. The number of alkyl carbamates (subject to hydrolysis) is 1. The number of hydrogen-bond donors (Lipinski definition) is 2. The van der Waals surface area contributed by atoms with Crippen molar-refractivity contribution in [3.63, 3.8) is 0 Å². The Labute approximate surface area is 179 Å². The highest BCUT2D eigenvalue weighted by atomic mass is 19.3. The number of halogens is 2. The van der Waals surface area contributed by atoms with Crippen LogP contribution >= 0.6 is 0 Å². The van der Waals surface area contributed by atoms with Gasteiger partial charge in [-0.05, 0) is 38.7 Å². The molecule has 1 aromatic rings. The fraction of sp³-hybridized carbons (Fsp3) is 0.409.